The number of hydrogen-bond acceptors (Lipinski definition) is 5. The molecule has 0 unspecified atom stereocenters. The van der Waals surface area contributed by atoms with E-state index in [1.807, 2.05) is 0 Å². The first-order chi connectivity index (χ1) is 26.0. The van der Waals surface area contributed by atoms with E-state index in [1.165, 1.54) is 161 Å². The zero-order chi connectivity index (χ0) is 38.7. The Morgan fingerprint density at radius 2 is 0.830 bits per heavy atom. The molecule has 0 spiro atoms. The van der Waals surface area contributed by atoms with Crippen molar-refractivity contribution in [1.82, 2.24) is 4.90 Å². The van der Waals surface area contributed by atoms with Gasteiger partial charge in [0.25, 0.3) is 0 Å². The maximum Gasteiger partial charge on any atom is 0.305 e. The average molecular weight is 746 g/mol. The third-order valence-corrected chi connectivity index (χ3v) is 10.4. The van der Waals surface area contributed by atoms with E-state index in [0.717, 1.165) is 57.3 Å². The van der Waals surface area contributed by atoms with Crippen molar-refractivity contribution in [2.45, 2.75) is 233 Å². The molecule has 0 aromatic carbocycles. The second-order valence-electron chi connectivity index (χ2n) is 16.2. The molecule has 0 bridgehead atoms. The highest BCUT2D eigenvalue weighted by molar-refractivity contribution is 5.69. The minimum absolute atomic E-state index is 0.00562. The molecule has 5 nitrogen and oxygen atoms in total. The van der Waals surface area contributed by atoms with Gasteiger partial charge in [0.2, 0.25) is 0 Å². The number of allylic oxidation sites excluding steroid dienone is 4. The van der Waals surface area contributed by atoms with Crippen LogP contribution in [-0.2, 0) is 19.1 Å². The SMILES string of the molecule is CCCCC/C=C\C/C=C\CCCCCCCCOC(=O)CCCCCCCN(CCCCCCCC(=O)OCCCCCCCCC)CCC(C)C. The number of carbonyl (C=O) groups is 2. The van der Waals surface area contributed by atoms with E-state index in [9.17, 15) is 9.59 Å². The molecule has 0 aliphatic carbocycles. The summed E-state index contributed by atoms with van der Waals surface area (Å²) in [5, 5.41) is 0. The zero-order valence-electron chi connectivity index (χ0n) is 36.1. The summed E-state index contributed by atoms with van der Waals surface area (Å²) in [5.74, 6) is 0.725. The summed E-state index contributed by atoms with van der Waals surface area (Å²) in [5.41, 5.74) is 0. The summed E-state index contributed by atoms with van der Waals surface area (Å²) in [6.07, 6.45) is 46.8. The zero-order valence-corrected chi connectivity index (χ0v) is 36.1. The summed E-state index contributed by atoms with van der Waals surface area (Å²) in [4.78, 5) is 26.8. The number of rotatable bonds is 42. The Hall–Kier alpha value is -1.62. The molecule has 0 rings (SSSR count). The minimum Gasteiger partial charge on any atom is -0.466 e. The first-order valence-corrected chi connectivity index (χ1v) is 23.3. The molecule has 0 saturated carbocycles. The summed E-state index contributed by atoms with van der Waals surface area (Å²) in [7, 11) is 0. The number of hydrogen-bond donors (Lipinski definition) is 0. The van der Waals surface area contributed by atoms with Crippen molar-refractivity contribution in [3.05, 3.63) is 24.3 Å². The van der Waals surface area contributed by atoms with Crippen molar-refractivity contribution in [3.63, 3.8) is 0 Å². The summed E-state index contributed by atoms with van der Waals surface area (Å²) in [6, 6.07) is 0. The molecule has 0 aromatic heterocycles. The quantitative estimate of drug-likeness (QED) is 0.0354. The van der Waals surface area contributed by atoms with Crippen LogP contribution in [0.3, 0.4) is 0 Å². The van der Waals surface area contributed by atoms with E-state index >= 15 is 0 Å². The van der Waals surface area contributed by atoms with Crippen LogP contribution in [-0.4, -0.2) is 49.7 Å². The van der Waals surface area contributed by atoms with Gasteiger partial charge >= 0.3 is 11.9 Å². The number of carbonyl (C=O) groups excluding carboxylic acids is 2. The predicted octanol–water partition coefficient (Wildman–Crippen LogP) is 14.7. The molecule has 0 amide bonds. The fraction of sp³-hybridized carbons (Fsp3) is 0.875. The summed E-state index contributed by atoms with van der Waals surface area (Å²) >= 11 is 0. The van der Waals surface area contributed by atoms with E-state index in [4.69, 9.17) is 9.47 Å². The molecule has 0 heterocycles. The summed E-state index contributed by atoms with van der Waals surface area (Å²) < 4.78 is 10.9. The van der Waals surface area contributed by atoms with Crippen LogP contribution in [0.5, 0.6) is 0 Å². The van der Waals surface area contributed by atoms with Crippen molar-refractivity contribution >= 4 is 11.9 Å². The van der Waals surface area contributed by atoms with Crippen LogP contribution < -0.4 is 0 Å². The molecule has 0 radical (unpaired) electrons. The van der Waals surface area contributed by atoms with Crippen LogP contribution in [0.15, 0.2) is 24.3 Å². The summed E-state index contributed by atoms with van der Waals surface area (Å²) in [6.45, 7) is 13.9. The van der Waals surface area contributed by atoms with Crippen molar-refractivity contribution in [1.29, 1.82) is 0 Å². The van der Waals surface area contributed by atoms with Gasteiger partial charge in [-0.15, -0.1) is 0 Å². The first-order valence-electron chi connectivity index (χ1n) is 23.3. The lowest BCUT2D eigenvalue weighted by Gasteiger charge is -2.23. The Bertz CT molecular complexity index is 822. The van der Waals surface area contributed by atoms with E-state index in [0.29, 0.717) is 26.1 Å². The van der Waals surface area contributed by atoms with Gasteiger partial charge < -0.3 is 14.4 Å². The molecule has 0 N–H and O–H groups in total. The third-order valence-electron chi connectivity index (χ3n) is 10.4. The van der Waals surface area contributed by atoms with Gasteiger partial charge in [-0.3, -0.25) is 9.59 Å². The van der Waals surface area contributed by atoms with Gasteiger partial charge in [0.1, 0.15) is 0 Å². The van der Waals surface area contributed by atoms with Gasteiger partial charge in [-0.1, -0.05) is 168 Å². The molecule has 0 fully saturated rings. The number of esters is 2. The Balaban J connectivity index is 3.68. The van der Waals surface area contributed by atoms with Crippen LogP contribution in [0, 0.1) is 5.92 Å². The second-order valence-corrected chi connectivity index (χ2v) is 16.2. The molecular weight excluding hydrogens is 655 g/mol. The van der Waals surface area contributed by atoms with Gasteiger partial charge in [0.15, 0.2) is 0 Å². The van der Waals surface area contributed by atoms with Crippen molar-refractivity contribution in [3.8, 4) is 0 Å². The van der Waals surface area contributed by atoms with Crippen molar-refractivity contribution in [2.75, 3.05) is 32.8 Å². The van der Waals surface area contributed by atoms with Crippen molar-refractivity contribution < 1.29 is 19.1 Å². The largest absolute Gasteiger partial charge is 0.466 e. The number of ether oxygens (including phenoxy) is 2. The number of nitrogens with zero attached hydrogens (tertiary/aromatic N) is 1. The fourth-order valence-corrected chi connectivity index (χ4v) is 6.71. The van der Waals surface area contributed by atoms with E-state index < -0.39 is 0 Å². The molecule has 5 heteroatoms. The highest BCUT2D eigenvalue weighted by Gasteiger charge is 2.08. The van der Waals surface area contributed by atoms with Crippen LogP contribution in [0.1, 0.15) is 233 Å². The maximum atomic E-state index is 12.2. The van der Waals surface area contributed by atoms with Crippen LogP contribution in [0.2, 0.25) is 0 Å². The van der Waals surface area contributed by atoms with Crippen LogP contribution in [0.25, 0.3) is 0 Å². The van der Waals surface area contributed by atoms with E-state index in [1.54, 1.807) is 0 Å². The van der Waals surface area contributed by atoms with Crippen molar-refractivity contribution in [2.24, 2.45) is 5.92 Å². The monoisotopic (exact) mass is 746 g/mol. The Morgan fingerprint density at radius 1 is 0.453 bits per heavy atom. The van der Waals surface area contributed by atoms with Gasteiger partial charge in [-0.2, -0.15) is 0 Å². The van der Waals surface area contributed by atoms with Gasteiger partial charge in [-0.05, 0) is 103 Å². The first kappa shape index (κ1) is 51.4. The number of unbranched alkanes of at least 4 members (excludes halogenated alkanes) is 23. The smallest absolute Gasteiger partial charge is 0.305 e. The second kappa shape index (κ2) is 43.1. The lowest BCUT2D eigenvalue weighted by Crippen LogP contribution is -2.28. The third kappa shape index (κ3) is 43.0. The molecule has 0 aliphatic heterocycles. The van der Waals surface area contributed by atoms with Gasteiger partial charge in [0.05, 0.1) is 13.2 Å². The minimum atomic E-state index is -0.00816. The highest BCUT2D eigenvalue weighted by Crippen LogP contribution is 2.13. The molecule has 0 aromatic rings. The fourth-order valence-electron chi connectivity index (χ4n) is 6.71. The Morgan fingerprint density at radius 3 is 1.30 bits per heavy atom. The molecule has 0 atom stereocenters. The lowest BCUT2D eigenvalue weighted by atomic mass is 10.1. The van der Waals surface area contributed by atoms with Crippen LogP contribution in [0.4, 0.5) is 0 Å². The highest BCUT2D eigenvalue weighted by atomic mass is 16.5. The predicted molar refractivity (Wildman–Crippen MR) is 231 cm³/mol. The van der Waals surface area contributed by atoms with E-state index in [2.05, 4.69) is 56.9 Å². The van der Waals surface area contributed by atoms with Gasteiger partial charge in [-0.25, -0.2) is 0 Å². The Labute approximate surface area is 331 Å². The molecule has 312 valence electrons. The van der Waals surface area contributed by atoms with E-state index in [-0.39, 0.29) is 11.9 Å². The van der Waals surface area contributed by atoms with Crippen LogP contribution >= 0.6 is 0 Å². The Kier molecular flexibility index (Phi) is 41.8. The van der Waals surface area contributed by atoms with Gasteiger partial charge in [0, 0.05) is 12.8 Å². The standard InChI is InChI=1S/C48H91NO4/c1-5-7-9-11-13-14-15-16-17-18-19-20-21-23-31-37-45-53-48(51)39-33-27-25-29-35-42-49(43-40-46(3)4)41-34-28-24-26-32-38-47(50)52-44-36-30-22-12-10-8-6-2/h13-14,16-17,46H,5-12,15,18-45H2,1-4H3/b14-13-,17-16-. The molecular formula is C48H91NO4. The molecule has 0 aliphatic rings. The maximum absolute atomic E-state index is 12.2. The topological polar surface area (TPSA) is 55.8 Å². The lowest BCUT2D eigenvalue weighted by molar-refractivity contribution is -0.144. The molecule has 53 heavy (non-hydrogen) atoms. The normalized spacial score (nSPS) is 11.9. The molecule has 0 saturated heterocycles. The average Bonchev–Trinajstić information content (AvgIpc) is 3.14.